The van der Waals surface area contributed by atoms with E-state index < -0.39 is 29.3 Å². The Bertz CT molecular complexity index is 1180. The third kappa shape index (κ3) is 3.66. The number of aliphatic hydroxyl groups is 1. The summed E-state index contributed by atoms with van der Waals surface area (Å²) in [4.78, 5) is 31.9. The summed E-state index contributed by atoms with van der Waals surface area (Å²) in [6.45, 7) is 5.18. The quantitative estimate of drug-likeness (QED) is 0.564. The van der Waals surface area contributed by atoms with Crippen molar-refractivity contribution in [2.24, 2.45) is 0 Å². The molecule has 1 unspecified atom stereocenters. The molecule has 154 valence electrons. The molecule has 1 aliphatic heterocycles. The van der Waals surface area contributed by atoms with Crippen molar-refractivity contribution < 1.29 is 19.4 Å². The lowest BCUT2D eigenvalue weighted by Gasteiger charge is -2.26. The van der Waals surface area contributed by atoms with E-state index in [1.54, 1.807) is 63.2 Å². The number of fused-ring (bicyclic) bond motifs is 1. The van der Waals surface area contributed by atoms with E-state index in [1.807, 2.05) is 6.07 Å². The third-order valence-corrected chi connectivity index (χ3v) is 5.74. The number of aromatic nitrogens is 1. The van der Waals surface area contributed by atoms with Crippen LogP contribution in [0.2, 0.25) is 5.02 Å². The number of halogens is 1. The Hall–Kier alpha value is -2.90. The molecule has 0 fully saturated rings. The van der Waals surface area contributed by atoms with Gasteiger partial charge in [0.1, 0.15) is 17.2 Å². The van der Waals surface area contributed by atoms with Crippen LogP contribution in [0.4, 0.5) is 5.13 Å². The molecule has 30 heavy (non-hydrogen) atoms. The van der Waals surface area contributed by atoms with Gasteiger partial charge in [-0.1, -0.05) is 53.3 Å². The van der Waals surface area contributed by atoms with E-state index in [-0.39, 0.29) is 5.57 Å². The predicted octanol–water partition coefficient (Wildman–Crippen LogP) is 5.19. The van der Waals surface area contributed by atoms with E-state index in [0.29, 0.717) is 21.2 Å². The van der Waals surface area contributed by atoms with Gasteiger partial charge in [0.05, 0.1) is 10.2 Å². The number of nitrogens with zero attached hydrogens (tertiary/aromatic N) is 2. The Morgan fingerprint density at radius 2 is 1.90 bits per heavy atom. The van der Waals surface area contributed by atoms with Gasteiger partial charge in [-0.25, -0.2) is 9.78 Å². The topological polar surface area (TPSA) is 79.7 Å². The van der Waals surface area contributed by atoms with Crippen LogP contribution in [-0.4, -0.2) is 27.6 Å². The van der Waals surface area contributed by atoms with Crippen LogP contribution in [0.25, 0.3) is 10.2 Å². The SMILES string of the molecule is CC(C)(C)OC(=O)C1=C(O)C(=O)N(c2nc3ccc(Cl)cc3s2)C1c1ccccc1. The highest BCUT2D eigenvalue weighted by atomic mass is 35.5. The van der Waals surface area contributed by atoms with E-state index in [1.165, 1.54) is 16.2 Å². The van der Waals surface area contributed by atoms with Crippen LogP contribution >= 0.6 is 22.9 Å². The molecule has 1 atom stereocenters. The Balaban J connectivity index is 1.85. The molecular weight excluding hydrogens is 424 g/mol. The van der Waals surface area contributed by atoms with Crippen molar-refractivity contribution in [3.8, 4) is 0 Å². The van der Waals surface area contributed by atoms with Gasteiger partial charge in [0.2, 0.25) is 0 Å². The van der Waals surface area contributed by atoms with E-state index in [4.69, 9.17) is 16.3 Å². The molecule has 0 bridgehead atoms. The zero-order valence-corrected chi connectivity index (χ0v) is 18.1. The molecule has 8 heteroatoms. The molecule has 0 radical (unpaired) electrons. The van der Waals surface area contributed by atoms with Gasteiger partial charge >= 0.3 is 5.97 Å². The minimum absolute atomic E-state index is 0.0987. The van der Waals surface area contributed by atoms with E-state index in [2.05, 4.69) is 4.98 Å². The number of ether oxygens (including phenoxy) is 1. The third-order valence-electron chi connectivity index (χ3n) is 4.49. The standard InChI is InChI=1S/C22H19ClN2O4S/c1-22(2,3)29-20(28)16-17(12-7-5-4-6-8-12)25(19(27)18(16)26)21-24-14-10-9-13(23)11-15(14)30-21/h4-11,17,26H,1-3H3. The fraction of sp³-hybridized carbons (Fsp3) is 0.227. The van der Waals surface area contributed by atoms with Gasteiger partial charge in [-0.2, -0.15) is 0 Å². The number of amides is 1. The van der Waals surface area contributed by atoms with Crippen LogP contribution in [0.3, 0.4) is 0 Å². The average Bonchev–Trinajstić information content (AvgIpc) is 3.19. The number of rotatable bonds is 3. The summed E-state index contributed by atoms with van der Waals surface area (Å²) in [5, 5.41) is 11.6. The highest BCUT2D eigenvalue weighted by Gasteiger charge is 2.47. The first kappa shape index (κ1) is 20.4. The fourth-order valence-corrected chi connectivity index (χ4v) is 4.55. The monoisotopic (exact) mass is 442 g/mol. The summed E-state index contributed by atoms with van der Waals surface area (Å²) in [5.41, 5.74) is 0.449. The van der Waals surface area contributed by atoms with Crippen LogP contribution in [0.15, 0.2) is 59.9 Å². The number of esters is 1. The Kier molecular flexibility index (Phi) is 5.03. The molecule has 1 amide bonds. The number of hydrogen-bond donors (Lipinski definition) is 1. The summed E-state index contributed by atoms with van der Waals surface area (Å²) in [5.74, 6) is -2.07. The van der Waals surface area contributed by atoms with Gasteiger partial charge in [-0.05, 0) is 44.5 Å². The van der Waals surface area contributed by atoms with Gasteiger partial charge in [0.25, 0.3) is 5.91 Å². The number of carbonyl (C=O) groups excluding carboxylic acids is 2. The smallest absolute Gasteiger partial charge is 0.341 e. The van der Waals surface area contributed by atoms with E-state index >= 15 is 0 Å². The number of anilines is 1. The van der Waals surface area contributed by atoms with E-state index in [0.717, 1.165) is 4.70 Å². The number of benzene rings is 2. The number of hydrogen-bond acceptors (Lipinski definition) is 6. The van der Waals surface area contributed by atoms with Crippen molar-refractivity contribution in [3.63, 3.8) is 0 Å². The second-order valence-corrected chi connectivity index (χ2v) is 9.31. The maximum absolute atomic E-state index is 13.1. The minimum atomic E-state index is -0.857. The molecule has 1 aliphatic rings. The molecule has 0 saturated carbocycles. The van der Waals surface area contributed by atoms with Crippen LogP contribution in [-0.2, 0) is 14.3 Å². The molecule has 0 saturated heterocycles. The lowest BCUT2D eigenvalue weighted by Crippen LogP contribution is -2.32. The van der Waals surface area contributed by atoms with Gasteiger partial charge < -0.3 is 9.84 Å². The fourth-order valence-electron chi connectivity index (χ4n) is 3.28. The largest absolute Gasteiger partial charge is 0.503 e. The van der Waals surface area contributed by atoms with E-state index in [9.17, 15) is 14.7 Å². The summed E-state index contributed by atoms with van der Waals surface area (Å²) in [6, 6.07) is 13.4. The minimum Gasteiger partial charge on any atom is -0.503 e. The van der Waals surface area contributed by atoms with Crippen molar-refractivity contribution >= 4 is 50.2 Å². The summed E-state index contributed by atoms with van der Waals surface area (Å²) in [7, 11) is 0. The zero-order chi connectivity index (χ0) is 21.6. The van der Waals surface area contributed by atoms with Gasteiger partial charge in [0.15, 0.2) is 10.9 Å². The second-order valence-electron chi connectivity index (χ2n) is 7.86. The van der Waals surface area contributed by atoms with Gasteiger partial charge in [-0.3, -0.25) is 9.69 Å². The van der Waals surface area contributed by atoms with Crippen molar-refractivity contribution in [2.45, 2.75) is 32.4 Å². The lowest BCUT2D eigenvalue weighted by molar-refractivity contribution is -0.150. The maximum atomic E-state index is 13.1. The summed E-state index contributed by atoms with van der Waals surface area (Å²) in [6.07, 6.45) is 0. The van der Waals surface area contributed by atoms with Crippen molar-refractivity contribution in [1.29, 1.82) is 0 Å². The first-order chi connectivity index (χ1) is 14.2. The maximum Gasteiger partial charge on any atom is 0.341 e. The van der Waals surface area contributed by atoms with Gasteiger partial charge in [-0.15, -0.1) is 0 Å². The predicted molar refractivity (Wildman–Crippen MR) is 117 cm³/mol. The molecule has 2 heterocycles. The summed E-state index contributed by atoms with van der Waals surface area (Å²) >= 11 is 7.34. The molecular formula is C22H19ClN2O4S. The molecule has 1 N–H and O–H groups in total. The highest BCUT2D eigenvalue weighted by Crippen LogP contribution is 2.44. The van der Waals surface area contributed by atoms with Gasteiger partial charge in [0, 0.05) is 5.02 Å². The molecule has 0 aliphatic carbocycles. The highest BCUT2D eigenvalue weighted by molar-refractivity contribution is 7.22. The Morgan fingerprint density at radius 1 is 1.20 bits per heavy atom. The molecule has 1 aromatic heterocycles. The van der Waals surface area contributed by atoms with Crippen molar-refractivity contribution in [2.75, 3.05) is 4.90 Å². The second kappa shape index (κ2) is 7.41. The van der Waals surface area contributed by atoms with Crippen LogP contribution in [0.1, 0.15) is 32.4 Å². The van der Waals surface area contributed by atoms with Crippen LogP contribution in [0, 0.1) is 0 Å². The van der Waals surface area contributed by atoms with Crippen LogP contribution in [0.5, 0.6) is 0 Å². The molecule has 4 rings (SSSR count). The molecule has 0 spiro atoms. The molecule has 3 aromatic rings. The van der Waals surface area contributed by atoms with Crippen LogP contribution < -0.4 is 4.90 Å². The van der Waals surface area contributed by atoms with Crippen molar-refractivity contribution in [3.05, 3.63) is 70.4 Å². The van der Waals surface area contributed by atoms with Crippen molar-refractivity contribution in [1.82, 2.24) is 4.98 Å². The number of carbonyl (C=O) groups is 2. The normalized spacial score (nSPS) is 17.1. The summed E-state index contributed by atoms with van der Waals surface area (Å²) < 4.78 is 6.27. The Morgan fingerprint density at radius 3 is 2.57 bits per heavy atom. The lowest BCUT2D eigenvalue weighted by atomic mass is 9.99. The zero-order valence-electron chi connectivity index (χ0n) is 16.5. The molecule has 6 nitrogen and oxygen atoms in total. The molecule has 2 aromatic carbocycles. The average molecular weight is 443 g/mol. The number of thiazole rings is 1. The Labute approximate surface area is 182 Å². The number of aliphatic hydroxyl groups excluding tert-OH is 1. The first-order valence-corrected chi connectivity index (χ1v) is 10.5. The first-order valence-electron chi connectivity index (χ1n) is 9.27.